The minimum absolute atomic E-state index is 0.0137. The number of allylic oxidation sites excluding steroid dienone is 9. The van der Waals surface area contributed by atoms with E-state index in [0.29, 0.717) is 30.3 Å². The van der Waals surface area contributed by atoms with E-state index in [2.05, 4.69) is 43.9 Å². The van der Waals surface area contributed by atoms with Crippen molar-refractivity contribution in [3.05, 3.63) is 72.9 Å². The first-order valence-corrected chi connectivity index (χ1v) is 15.7. The van der Waals surface area contributed by atoms with E-state index in [1.165, 1.54) is 32.1 Å². The Labute approximate surface area is 251 Å². The Kier molecular flexibility index (Phi) is 19.1. The third-order valence-electron chi connectivity index (χ3n) is 8.19. The molecule has 0 aromatic rings. The predicted octanol–water partition coefficient (Wildman–Crippen LogP) is 9.81. The van der Waals surface area contributed by atoms with Gasteiger partial charge in [-0.15, -0.1) is 26.2 Å². The summed E-state index contributed by atoms with van der Waals surface area (Å²) in [5, 5.41) is 0. The summed E-state index contributed by atoms with van der Waals surface area (Å²) in [7, 11) is 0. The molecule has 0 radical (unpaired) electrons. The Balaban J connectivity index is 0.000000716. The molecule has 1 fully saturated rings. The maximum atomic E-state index is 13.0. The molecule has 0 aliphatic heterocycles. The second-order valence-corrected chi connectivity index (χ2v) is 11.6. The smallest absolute Gasteiger partial charge is 0.139 e. The standard InChI is InChI=1S/C29H38O2.C9H16O/c1-5-23-14-12-17-27(21-24(6-2)22(4)30)26(20-23)18-13-19-29(31)28(7-3)25-15-10-8-9-11-16-25;1-3-4-5-6-7-8-9(2)10/h1,6-7,12,17,20,24-25,28H,2-3,8-11,13-16,18-19,21H2,4H3;3H,1,4-8H2,2H3/t24-,28-;/m0./s1. The highest BCUT2D eigenvalue weighted by molar-refractivity contribution is 5.83. The van der Waals surface area contributed by atoms with Crippen LogP contribution in [0.2, 0.25) is 0 Å². The minimum atomic E-state index is -0.197. The van der Waals surface area contributed by atoms with E-state index < -0.39 is 0 Å². The van der Waals surface area contributed by atoms with Crippen molar-refractivity contribution >= 4 is 17.3 Å². The SMILES string of the molecule is C#CC1=CC(CCCC(=O)[C@@H](C=C)C2CCCCCC2)=C(C[C@H](C=C)C(C)=O)C=CC1.C=CCCCCCC(C)=O. The maximum absolute atomic E-state index is 13.0. The maximum Gasteiger partial charge on any atom is 0.139 e. The van der Waals surface area contributed by atoms with Crippen molar-refractivity contribution in [3.8, 4) is 12.3 Å². The van der Waals surface area contributed by atoms with Crippen LogP contribution in [-0.2, 0) is 14.4 Å². The summed E-state index contributed by atoms with van der Waals surface area (Å²) >= 11 is 0. The Bertz CT molecular complexity index is 1000. The van der Waals surface area contributed by atoms with Crippen LogP contribution >= 0.6 is 0 Å². The number of carbonyl (C=O) groups is 3. The first-order valence-electron chi connectivity index (χ1n) is 15.7. The van der Waals surface area contributed by atoms with Gasteiger partial charge in [-0.25, -0.2) is 0 Å². The number of rotatable bonds is 17. The molecule has 0 saturated heterocycles. The fourth-order valence-corrected chi connectivity index (χ4v) is 5.68. The number of ketones is 3. The number of unbranched alkanes of at least 4 members (excludes halogenated alkanes) is 3. The van der Waals surface area contributed by atoms with E-state index in [9.17, 15) is 14.4 Å². The van der Waals surface area contributed by atoms with Crippen LogP contribution < -0.4 is 0 Å². The van der Waals surface area contributed by atoms with Gasteiger partial charge in [0.1, 0.15) is 17.3 Å². The van der Waals surface area contributed by atoms with Gasteiger partial charge in [-0.05, 0) is 94.8 Å². The summed E-state index contributed by atoms with van der Waals surface area (Å²) < 4.78 is 0. The monoisotopic (exact) mass is 558 g/mol. The van der Waals surface area contributed by atoms with E-state index in [1.54, 1.807) is 19.9 Å². The Hall–Kier alpha value is -2.99. The third-order valence-corrected chi connectivity index (χ3v) is 8.19. The minimum Gasteiger partial charge on any atom is -0.300 e. The summed E-state index contributed by atoms with van der Waals surface area (Å²) in [6, 6.07) is 0. The van der Waals surface area contributed by atoms with E-state index in [1.807, 2.05) is 12.2 Å². The molecular formula is C38H54O3. The highest BCUT2D eigenvalue weighted by Gasteiger charge is 2.26. The van der Waals surface area contributed by atoms with Crippen molar-refractivity contribution in [1.29, 1.82) is 0 Å². The highest BCUT2D eigenvalue weighted by atomic mass is 16.1. The molecule has 0 aromatic heterocycles. The molecule has 0 aromatic carbocycles. The molecule has 224 valence electrons. The van der Waals surface area contributed by atoms with Crippen LogP contribution in [0.5, 0.6) is 0 Å². The molecule has 3 nitrogen and oxygen atoms in total. The third kappa shape index (κ3) is 15.0. The summed E-state index contributed by atoms with van der Waals surface area (Å²) in [6.07, 6.45) is 33.5. The molecule has 3 heteroatoms. The second kappa shape index (κ2) is 21.7. The number of hydrogen-bond acceptors (Lipinski definition) is 3. The van der Waals surface area contributed by atoms with Crippen molar-refractivity contribution in [1.82, 2.24) is 0 Å². The molecule has 41 heavy (non-hydrogen) atoms. The zero-order chi connectivity index (χ0) is 30.5. The van der Waals surface area contributed by atoms with E-state index in [-0.39, 0.29) is 17.6 Å². The predicted molar refractivity (Wildman–Crippen MR) is 174 cm³/mol. The summed E-state index contributed by atoms with van der Waals surface area (Å²) in [6.45, 7) is 14.7. The average Bonchev–Trinajstić information content (AvgIpc) is 3.33. The normalized spacial score (nSPS) is 17.0. The zero-order valence-electron chi connectivity index (χ0n) is 25.9. The number of carbonyl (C=O) groups excluding carboxylic acids is 3. The summed E-state index contributed by atoms with van der Waals surface area (Å²) in [4.78, 5) is 35.4. The van der Waals surface area contributed by atoms with Gasteiger partial charge in [-0.3, -0.25) is 9.59 Å². The number of Topliss-reactive ketones (excluding diaryl/α,β-unsaturated/α-hetero) is 3. The first kappa shape index (κ1) is 36.0. The zero-order valence-corrected chi connectivity index (χ0v) is 25.9. The second-order valence-electron chi connectivity index (χ2n) is 11.6. The van der Waals surface area contributed by atoms with Crippen LogP contribution in [0.3, 0.4) is 0 Å². The van der Waals surface area contributed by atoms with Gasteiger partial charge in [-0.1, -0.05) is 68.4 Å². The summed E-state index contributed by atoms with van der Waals surface area (Å²) in [5.74, 6) is 3.76. The lowest BCUT2D eigenvalue weighted by molar-refractivity contribution is -0.123. The molecular weight excluding hydrogens is 504 g/mol. The van der Waals surface area contributed by atoms with Gasteiger partial charge in [0.05, 0.1) is 0 Å². The molecule has 0 heterocycles. The summed E-state index contributed by atoms with van der Waals surface area (Å²) in [5.41, 5.74) is 3.21. The van der Waals surface area contributed by atoms with Crippen LogP contribution in [0.15, 0.2) is 72.9 Å². The number of hydrogen-bond donors (Lipinski definition) is 0. The van der Waals surface area contributed by atoms with Crippen molar-refractivity contribution in [2.45, 2.75) is 117 Å². The molecule has 1 saturated carbocycles. The Morgan fingerprint density at radius 3 is 2.22 bits per heavy atom. The highest BCUT2D eigenvalue weighted by Crippen LogP contribution is 2.32. The molecule has 2 rings (SSSR count). The van der Waals surface area contributed by atoms with E-state index >= 15 is 0 Å². The van der Waals surface area contributed by atoms with Gasteiger partial charge in [0.2, 0.25) is 0 Å². The topological polar surface area (TPSA) is 51.2 Å². The largest absolute Gasteiger partial charge is 0.300 e. The van der Waals surface area contributed by atoms with Crippen LogP contribution in [0, 0.1) is 30.1 Å². The molecule has 0 unspecified atom stereocenters. The first-order chi connectivity index (χ1) is 19.8. The molecule has 0 bridgehead atoms. The number of terminal acetylenes is 1. The molecule has 2 aliphatic carbocycles. The van der Waals surface area contributed by atoms with Gasteiger partial charge < -0.3 is 4.79 Å². The van der Waals surface area contributed by atoms with Crippen LogP contribution in [0.25, 0.3) is 0 Å². The molecule has 0 spiro atoms. The van der Waals surface area contributed by atoms with Crippen molar-refractivity contribution in [2.75, 3.05) is 0 Å². The molecule has 0 amide bonds. The molecule has 2 aliphatic rings. The quantitative estimate of drug-likeness (QED) is 0.0772. The van der Waals surface area contributed by atoms with Gasteiger partial charge in [0.25, 0.3) is 0 Å². The van der Waals surface area contributed by atoms with Crippen molar-refractivity contribution < 1.29 is 14.4 Å². The van der Waals surface area contributed by atoms with Gasteiger partial charge in [-0.2, -0.15) is 0 Å². The fraction of sp³-hybridized carbons (Fsp3) is 0.553. The average molecular weight is 559 g/mol. The van der Waals surface area contributed by atoms with Crippen LogP contribution in [-0.4, -0.2) is 17.3 Å². The molecule has 2 atom stereocenters. The van der Waals surface area contributed by atoms with Crippen LogP contribution in [0.4, 0.5) is 0 Å². The van der Waals surface area contributed by atoms with Gasteiger partial charge in [0.15, 0.2) is 0 Å². The Morgan fingerprint density at radius 2 is 1.66 bits per heavy atom. The Morgan fingerprint density at radius 1 is 0.951 bits per heavy atom. The molecule has 0 N–H and O–H groups in total. The fourth-order valence-electron chi connectivity index (χ4n) is 5.68. The lowest BCUT2D eigenvalue weighted by Gasteiger charge is -2.22. The van der Waals surface area contributed by atoms with Crippen molar-refractivity contribution in [2.24, 2.45) is 17.8 Å². The van der Waals surface area contributed by atoms with Crippen molar-refractivity contribution in [3.63, 3.8) is 0 Å². The van der Waals surface area contributed by atoms with E-state index in [4.69, 9.17) is 6.42 Å². The van der Waals surface area contributed by atoms with E-state index in [0.717, 1.165) is 74.5 Å². The van der Waals surface area contributed by atoms with Crippen LogP contribution in [0.1, 0.15) is 117 Å². The van der Waals surface area contributed by atoms with Gasteiger partial charge >= 0.3 is 0 Å². The van der Waals surface area contributed by atoms with Gasteiger partial charge in [0, 0.05) is 30.3 Å². The lowest BCUT2D eigenvalue weighted by Crippen LogP contribution is -2.21. The lowest BCUT2D eigenvalue weighted by atomic mass is 9.81.